The third kappa shape index (κ3) is 3.54. The van der Waals surface area contributed by atoms with Crippen molar-refractivity contribution in [1.82, 2.24) is 0 Å². The average Bonchev–Trinajstić information content (AvgIpc) is 2.45. The van der Waals surface area contributed by atoms with Crippen molar-refractivity contribution in [3.05, 3.63) is 76.2 Å². The van der Waals surface area contributed by atoms with Crippen LogP contribution in [0.3, 0.4) is 0 Å². The second-order valence-electron chi connectivity index (χ2n) is 3.81. The van der Waals surface area contributed by atoms with E-state index in [4.69, 9.17) is 10.3 Å². The van der Waals surface area contributed by atoms with Crippen LogP contribution >= 0.6 is 0 Å². The molecular weight excluding hydrogens is 226 g/mol. The average molecular weight is 239 g/mol. The Bertz CT molecular complexity index is 531. The predicted molar refractivity (Wildman–Crippen MR) is 70.1 cm³/mol. The molecule has 0 amide bonds. The van der Waals surface area contributed by atoms with E-state index in [1.807, 2.05) is 54.6 Å². The molecule has 0 atom stereocenters. The van der Waals surface area contributed by atoms with Crippen molar-refractivity contribution in [2.45, 2.75) is 13.2 Å². The number of hydrogen-bond acceptors (Lipinski definition) is 2. The molecular formula is C14H13N3O. The number of azide groups is 1. The van der Waals surface area contributed by atoms with E-state index in [1.54, 1.807) is 0 Å². The summed E-state index contributed by atoms with van der Waals surface area (Å²) in [6.45, 7) is 0.923. The van der Waals surface area contributed by atoms with E-state index >= 15 is 0 Å². The maximum Gasteiger partial charge on any atom is 0.119 e. The predicted octanol–water partition coefficient (Wildman–Crippen LogP) is 4.08. The van der Waals surface area contributed by atoms with E-state index in [9.17, 15) is 0 Å². The van der Waals surface area contributed by atoms with Gasteiger partial charge in [-0.3, -0.25) is 0 Å². The van der Waals surface area contributed by atoms with Crippen LogP contribution in [0.1, 0.15) is 11.1 Å². The van der Waals surface area contributed by atoms with E-state index in [0.717, 1.165) is 16.9 Å². The van der Waals surface area contributed by atoms with Crippen LogP contribution in [0.25, 0.3) is 10.4 Å². The Labute approximate surface area is 105 Å². The van der Waals surface area contributed by atoms with Crippen molar-refractivity contribution >= 4 is 0 Å². The Balaban J connectivity index is 1.92. The highest BCUT2D eigenvalue weighted by molar-refractivity contribution is 5.27. The molecule has 2 aromatic carbocycles. The Morgan fingerprint density at radius 3 is 2.33 bits per heavy atom. The van der Waals surface area contributed by atoms with Crippen LogP contribution in [0.5, 0.6) is 5.75 Å². The SMILES string of the molecule is [N-]=[N+]=NCc1ccc(OCc2ccccc2)cc1. The van der Waals surface area contributed by atoms with Gasteiger partial charge in [0.05, 0.1) is 6.54 Å². The topological polar surface area (TPSA) is 58.0 Å². The lowest BCUT2D eigenvalue weighted by Crippen LogP contribution is -1.94. The van der Waals surface area contributed by atoms with Crippen LogP contribution < -0.4 is 4.74 Å². The quantitative estimate of drug-likeness (QED) is 0.440. The van der Waals surface area contributed by atoms with Crippen LogP contribution in [-0.2, 0) is 13.2 Å². The second kappa shape index (κ2) is 6.33. The van der Waals surface area contributed by atoms with Gasteiger partial charge in [0.1, 0.15) is 12.4 Å². The van der Waals surface area contributed by atoms with Gasteiger partial charge < -0.3 is 4.74 Å². The molecule has 0 aliphatic carbocycles. The molecule has 0 radical (unpaired) electrons. The van der Waals surface area contributed by atoms with Crippen LogP contribution in [0.4, 0.5) is 0 Å². The summed E-state index contributed by atoms with van der Waals surface area (Å²) in [5.41, 5.74) is 10.3. The van der Waals surface area contributed by atoms with Crippen molar-refractivity contribution in [2.75, 3.05) is 0 Å². The van der Waals surface area contributed by atoms with Gasteiger partial charge in [0.2, 0.25) is 0 Å². The van der Waals surface area contributed by atoms with Crippen molar-refractivity contribution in [1.29, 1.82) is 0 Å². The summed E-state index contributed by atoms with van der Waals surface area (Å²) in [5.74, 6) is 0.809. The van der Waals surface area contributed by atoms with E-state index in [1.165, 1.54) is 0 Å². The maximum absolute atomic E-state index is 8.23. The fourth-order valence-electron chi connectivity index (χ4n) is 1.55. The molecule has 0 N–H and O–H groups in total. The zero-order valence-electron chi connectivity index (χ0n) is 9.86. The fraction of sp³-hybridized carbons (Fsp3) is 0.143. The molecule has 0 bridgehead atoms. The van der Waals surface area contributed by atoms with Crippen molar-refractivity contribution in [3.63, 3.8) is 0 Å². The van der Waals surface area contributed by atoms with Crippen LogP contribution in [0, 0.1) is 0 Å². The van der Waals surface area contributed by atoms with Crippen molar-refractivity contribution in [2.24, 2.45) is 5.11 Å². The van der Waals surface area contributed by atoms with E-state index in [0.29, 0.717) is 13.2 Å². The van der Waals surface area contributed by atoms with Gasteiger partial charge in [-0.05, 0) is 28.8 Å². The summed E-state index contributed by atoms with van der Waals surface area (Å²) >= 11 is 0. The zero-order chi connectivity index (χ0) is 12.6. The fourth-order valence-corrected chi connectivity index (χ4v) is 1.55. The first-order valence-corrected chi connectivity index (χ1v) is 5.65. The first-order valence-electron chi connectivity index (χ1n) is 5.65. The number of ether oxygens (including phenoxy) is 1. The van der Waals surface area contributed by atoms with Crippen LogP contribution in [0.15, 0.2) is 59.7 Å². The standard InChI is InChI=1S/C14H13N3O/c15-17-16-10-12-6-8-14(9-7-12)18-11-13-4-2-1-3-5-13/h1-9H,10-11H2. The minimum absolute atomic E-state index is 0.371. The van der Waals surface area contributed by atoms with Gasteiger partial charge in [-0.1, -0.05) is 47.6 Å². The molecule has 0 aromatic heterocycles. The van der Waals surface area contributed by atoms with Gasteiger partial charge in [-0.15, -0.1) is 0 Å². The monoisotopic (exact) mass is 239 g/mol. The summed E-state index contributed by atoms with van der Waals surface area (Å²) in [4.78, 5) is 2.72. The molecule has 0 spiro atoms. The minimum atomic E-state index is 0.371. The van der Waals surface area contributed by atoms with Gasteiger partial charge in [0, 0.05) is 4.91 Å². The van der Waals surface area contributed by atoms with Crippen molar-refractivity contribution < 1.29 is 4.74 Å². The molecule has 2 rings (SSSR count). The maximum atomic E-state index is 8.23. The number of nitrogens with zero attached hydrogens (tertiary/aromatic N) is 3. The first-order chi connectivity index (χ1) is 8.88. The lowest BCUT2D eigenvalue weighted by molar-refractivity contribution is 0.306. The van der Waals surface area contributed by atoms with E-state index in [-0.39, 0.29) is 0 Å². The summed E-state index contributed by atoms with van der Waals surface area (Å²) in [6.07, 6.45) is 0. The molecule has 0 aliphatic heterocycles. The minimum Gasteiger partial charge on any atom is -0.489 e. The molecule has 90 valence electrons. The van der Waals surface area contributed by atoms with Gasteiger partial charge in [-0.25, -0.2) is 0 Å². The van der Waals surface area contributed by atoms with Crippen LogP contribution in [0.2, 0.25) is 0 Å². The molecule has 4 nitrogen and oxygen atoms in total. The van der Waals surface area contributed by atoms with Gasteiger partial charge in [-0.2, -0.15) is 0 Å². The van der Waals surface area contributed by atoms with Crippen LogP contribution in [-0.4, -0.2) is 0 Å². The number of rotatable bonds is 5. The highest BCUT2D eigenvalue weighted by Gasteiger charge is 1.96. The molecule has 0 saturated carbocycles. The van der Waals surface area contributed by atoms with Crippen molar-refractivity contribution in [3.8, 4) is 5.75 Å². The summed E-state index contributed by atoms with van der Waals surface area (Å²) < 4.78 is 5.65. The Morgan fingerprint density at radius 2 is 1.67 bits per heavy atom. The molecule has 2 aromatic rings. The second-order valence-corrected chi connectivity index (χ2v) is 3.81. The highest BCUT2D eigenvalue weighted by atomic mass is 16.5. The Hall–Kier alpha value is -2.45. The van der Waals surface area contributed by atoms with E-state index < -0.39 is 0 Å². The third-order valence-corrected chi connectivity index (χ3v) is 2.49. The largest absolute Gasteiger partial charge is 0.489 e. The van der Waals surface area contributed by atoms with Gasteiger partial charge in [0.25, 0.3) is 0 Å². The third-order valence-electron chi connectivity index (χ3n) is 2.49. The summed E-state index contributed by atoms with van der Waals surface area (Å²) in [5, 5.41) is 3.51. The summed E-state index contributed by atoms with van der Waals surface area (Å²) in [7, 11) is 0. The molecule has 4 heteroatoms. The molecule has 0 fully saturated rings. The lowest BCUT2D eigenvalue weighted by atomic mass is 10.2. The Morgan fingerprint density at radius 1 is 0.944 bits per heavy atom. The zero-order valence-corrected chi connectivity index (χ0v) is 9.86. The number of benzene rings is 2. The molecule has 0 aliphatic rings. The summed E-state index contributed by atoms with van der Waals surface area (Å²) in [6, 6.07) is 17.6. The van der Waals surface area contributed by atoms with Gasteiger partial charge >= 0.3 is 0 Å². The Kier molecular flexibility index (Phi) is 4.22. The normalized spacial score (nSPS) is 9.56. The molecule has 0 heterocycles. The molecule has 0 saturated heterocycles. The molecule has 18 heavy (non-hydrogen) atoms. The smallest absolute Gasteiger partial charge is 0.119 e. The molecule has 0 unspecified atom stereocenters. The lowest BCUT2D eigenvalue weighted by Gasteiger charge is -2.06. The first kappa shape index (κ1) is 12.0. The van der Waals surface area contributed by atoms with E-state index in [2.05, 4.69) is 10.0 Å². The highest BCUT2D eigenvalue weighted by Crippen LogP contribution is 2.14. The number of hydrogen-bond donors (Lipinski definition) is 0. The van der Waals surface area contributed by atoms with Gasteiger partial charge in [0.15, 0.2) is 0 Å².